The molecular weight excluding hydrogens is 364 g/mol. The van der Waals surface area contributed by atoms with Gasteiger partial charge in [-0.1, -0.05) is 6.07 Å². The predicted molar refractivity (Wildman–Crippen MR) is 102 cm³/mol. The molecule has 9 heteroatoms. The van der Waals surface area contributed by atoms with Crippen molar-refractivity contribution >= 4 is 11.7 Å². The Morgan fingerprint density at radius 2 is 1.89 bits per heavy atom. The maximum Gasteiger partial charge on any atom is 0.322 e. The number of anilines is 1. The van der Waals surface area contributed by atoms with Crippen LogP contribution >= 0.6 is 0 Å². The van der Waals surface area contributed by atoms with Gasteiger partial charge in [-0.2, -0.15) is 0 Å². The molecular formula is C19H24N4O5. The first-order valence-corrected chi connectivity index (χ1v) is 8.94. The summed E-state index contributed by atoms with van der Waals surface area (Å²) in [5.74, 6) is 1.68. The number of urea groups is 1. The molecule has 1 aliphatic heterocycles. The molecule has 1 aromatic heterocycles. The molecule has 2 aromatic rings. The molecule has 1 saturated heterocycles. The standard InChI is InChI=1S/C19H24N4O5/c1-25-15-8-4-7-14(16(15)26-2)22-19(24)23-11-5-6-13(12-23)28-18-17(27-3)20-9-10-21-18/h4,7-10,13H,5-6,11-12H2,1-3H3,(H,22,24). The van der Waals surface area contributed by atoms with E-state index in [9.17, 15) is 4.79 Å². The second-order valence-electron chi connectivity index (χ2n) is 6.17. The van der Waals surface area contributed by atoms with E-state index in [-0.39, 0.29) is 12.1 Å². The molecule has 1 aliphatic rings. The number of amides is 2. The number of nitrogens with one attached hydrogen (secondary N) is 1. The Kier molecular flexibility index (Phi) is 6.36. The Bertz CT molecular complexity index is 817. The van der Waals surface area contributed by atoms with Crippen LogP contribution in [0.4, 0.5) is 10.5 Å². The van der Waals surface area contributed by atoms with E-state index in [1.165, 1.54) is 20.4 Å². The molecule has 2 amide bonds. The van der Waals surface area contributed by atoms with Gasteiger partial charge in [-0.15, -0.1) is 0 Å². The number of carbonyl (C=O) groups excluding carboxylic acids is 1. The second kappa shape index (κ2) is 9.12. The monoisotopic (exact) mass is 388 g/mol. The molecule has 28 heavy (non-hydrogen) atoms. The molecule has 150 valence electrons. The molecule has 0 aliphatic carbocycles. The molecule has 2 heterocycles. The Morgan fingerprint density at radius 3 is 2.61 bits per heavy atom. The number of piperidine rings is 1. The van der Waals surface area contributed by atoms with Crippen LogP contribution in [0.15, 0.2) is 30.6 Å². The van der Waals surface area contributed by atoms with Gasteiger partial charge < -0.3 is 29.2 Å². The molecule has 3 rings (SSSR count). The van der Waals surface area contributed by atoms with E-state index in [0.717, 1.165) is 12.8 Å². The summed E-state index contributed by atoms with van der Waals surface area (Å²) in [6.45, 7) is 1.06. The number of aromatic nitrogens is 2. The highest BCUT2D eigenvalue weighted by molar-refractivity contribution is 5.91. The minimum absolute atomic E-state index is 0.197. The Labute approximate surface area is 163 Å². The molecule has 1 fully saturated rings. The molecule has 0 saturated carbocycles. The number of rotatable bonds is 6. The van der Waals surface area contributed by atoms with E-state index in [1.54, 1.807) is 36.4 Å². The van der Waals surface area contributed by atoms with Crippen LogP contribution in [0, 0.1) is 0 Å². The third-order valence-corrected chi connectivity index (χ3v) is 4.41. The fourth-order valence-corrected chi connectivity index (χ4v) is 3.09. The van der Waals surface area contributed by atoms with Crippen LogP contribution < -0.4 is 24.3 Å². The number of para-hydroxylation sites is 1. The maximum atomic E-state index is 12.8. The van der Waals surface area contributed by atoms with Crippen LogP contribution in [-0.2, 0) is 0 Å². The average molecular weight is 388 g/mol. The molecule has 1 unspecified atom stereocenters. The topological polar surface area (TPSA) is 95.0 Å². The van der Waals surface area contributed by atoms with Crippen LogP contribution in [0.3, 0.4) is 0 Å². The van der Waals surface area contributed by atoms with Gasteiger partial charge in [0.1, 0.15) is 6.10 Å². The molecule has 9 nitrogen and oxygen atoms in total. The van der Waals surface area contributed by atoms with Gasteiger partial charge in [-0.25, -0.2) is 14.8 Å². The molecule has 0 spiro atoms. The summed E-state index contributed by atoms with van der Waals surface area (Å²) in [5, 5.41) is 2.89. The smallest absolute Gasteiger partial charge is 0.322 e. The van der Waals surface area contributed by atoms with Gasteiger partial charge in [-0.3, -0.25) is 0 Å². The number of hydrogen-bond donors (Lipinski definition) is 1. The third kappa shape index (κ3) is 4.36. The van der Waals surface area contributed by atoms with E-state index >= 15 is 0 Å². The van der Waals surface area contributed by atoms with Crippen molar-refractivity contribution in [3.63, 3.8) is 0 Å². The van der Waals surface area contributed by atoms with E-state index in [1.807, 2.05) is 0 Å². The lowest BCUT2D eigenvalue weighted by atomic mass is 10.1. The number of hydrogen-bond acceptors (Lipinski definition) is 7. The normalized spacial score (nSPS) is 16.2. The number of likely N-dealkylation sites (tertiary alicyclic amines) is 1. The summed E-state index contributed by atoms with van der Waals surface area (Å²) in [6, 6.07) is 5.10. The zero-order valence-electron chi connectivity index (χ0n) is 16.2. The Hall–Kier alpha value is -3.23. The van der Waals surface area contributed by atoms with Crippen molar-refractivity contribution in [3.8, 4) is 23.3 Å². The molecule has 1 aromatic carbocycles. The van der Waals surface area contributed by atoms with E-state index < -0.39 is 0 Å². The van der Waals surface area contributed by atoms with Gasteiger partial charge in [-0.05, 0) is 25.0 Å². The minimum atomic E-state index is -0.231. The van der Waals surface area contributed by atoms with Crippen molar-refractivity contribution in [1.82, 2.24) is 14.9 Å². The van der Waals surface area contributed by atoms with Crippen LogP contribution in [0.2, 0.25) is 0 Å². The lowest BCUT2D eigenvalue weighted by Gasteiger charge is -2.32. The fraction of sp³-hybridized carbons (Fsp3) is 0.421. The van der Waals surface area contributed by atoms with Gasteiger partial charge >= 0.3 is 6.03 Å². The number of nitrogens with zero attached hydrogens (tertiary/aromatic N) is 3. The summed E-state index contributed by atoms with van der Waals surface area (Å²) < 4.78 is 21.7. The summed E-state index contributed by atoms with van der Waals surface area (Å²) in [4.78, 5) is 22.7. The summed E-state index contributed by atoms with van der Waals surface area (Å²) in [5.41, 5.74) is 0.547. The maximum absolute atomic E-state index is 12.8. The largest absolute Gasteiger partial charge is 0.493 e. The summed E-state index contributed by atoms with van der Waals surface area (Å²) in [6.07, 6.45) is 4.51. The van der Waals surface area contributed by atoms with Crippen molar-refractivity contribution in [2.45, 2.75) is 18.9 Å². The molecule has 1 atom stereocenters. The van der Waals surface area contributed by atoms with Crippen molar-refractivity contribution in [2.24, 2.45) is 0 Å². The lowest BCUT2D eigenvalue weighted by Crippen LogP contribution is -2.46. The number of benzene rings is 1. The highest BCUT2D eigenvalue weighted by atomic mass is 16.5. The van der Waals surface area contributed by atoms with Crippen LogP contribution in [0.25, 0.3) is 0 Å². The fourth-order valence-electron chi connectivity index (χ4n) is 3.09. The third-order valence-electron chi connectivity index (χ3n) is 4.41. The predicted octanol–water partition coefficient (Wildman–Crippen LogP) is 2.58. The molecule has 1 N–H and O–H groups in total. The number of carbonyl (C=O) groups is 1. The zero-order valence-corrected chi connectivity index (χ0v) is 16.2. The van der Waals surface area contributed by atoms with Crippen molar-refractivity contribution < 1.29 is 23.7 Å². The lowest BCUT2D eigenvalue weighted by molar-refractivity contribution is 0.0988. The number of ether oxygens (including phenoxy) is 4. The van der Waals surface area contributed by atoms with Gasteiger partial charge in [0.2, 0.25) is 0 Å². The SMILES string of the molecule is COc1cccc(NC(=O)N2CCCC(Oc3nccnc3OC)C2)c1OC. The second-order valence-corrected chi connectivity index (χ2v) is 6.17. The van der Waals surface area contributed by atoms with Gasteiger partial charge in [0.25, 0.3) is 11.8 Å². The van der Waals surface area contributed by atoms with Crippen LogP contribution in [0.1, 0.15) is 12.8 Å². The van der Waals surface area contributed by atoms with Gasteiger partial charge in [0, 0.05) is 18.9 Å². The zero-order chi connectivity index (χ0) is 19.9. The van der Waals surface area contributed by atoms with Crippen molar-refractivity contribution in [1.29, 1.82) is 0 Å². The molecule has 0 bridgehead atoms. The van der Waals surface area contributed by atoms with E-state index in [4.69, 9.17) is 18.9 Å². The Balaban J connectivity index is 1.66. The first-order chi connectivity index (χ1) is 13.7. The highest BCUT2D eigenvalue weighted by Gasteiger charge is 2.27. The summed E-state index contributed by atoms with van der Waals surface area (Å²) in [7, 11) is 4.60. The van der Waals surface area contributed by atoms with Gasteiger partial charge in [0.15, 0.2) is 11.5 Å². The Morgan fingerprint density at radius 1 is 1.11 bits per heavy atom. The van der Waals surface area contributed by atoms with Crippen LogP contribution in [0.5, 0.6) is 23.3 Å². The first kappa shape index (κ1) is 19.5. The number of methoxy groups -OCH3 is 3. The minimum Gasteiger partial charge on any atom is -0.493 e. The van der Waals surface area contributed by atoms with E-state index in [2.05, 4.69) is 15.3 Å². The van der Waals surface area contributed by atoms with Gasteiger partial charge in [0.05, 0.1) is 33.6 Å². The van der Waals surface area contributed by atoms with E-state index in [0.29, 0.717) is 42.0 Å². The first-order valence-electron chi connectivity index (χ1n) is 8.94. The highest BCUT2D eigenvalue weighted by Crippen LogP contribution is 2.35. The quantitative estimate of drug-likeness (QED) is 0.813. The summed E-state index contributed by atoms with van der Waals surface area (Å²) >= 11 is 0. The van der Waals surface area contributed by atoms with Crippen LogP contribution in [-0.4, -0.2) is 61.4 Å². The van der Waals surface area contributed by atoms with Crippen molar-refractivity contribution in [3.05, 3.63) is 30.6 Å². The average Bonchev–Trinajstić information content (AvgIpc) is 2.74. The molecule has 0 radical (unpaired) electrons. The van der Waals surface area contributed by atoms with Crippen molar-refractivity contribution in [2.75, 3.05) is 39.7 Å².